The second-order valence-electron chi connectivity index (χ2n) is 3.47. The van der Waals surface area contributed by atoms with E-state index in [0.29, 0.717) is 25.0 Å². The van der Waals surface area contributed by atoms with Crippen molar-refractivity contribution in [1.82, 2.24) is 0 Å². The Morgan fingerprint density at radius 2 is 1.93 bits per heavy atom. The van der Waals surface area contributed by atoms with Crippen LogP contribution in [-0.2, 0) is 4.79 Å². The monoisotopic (exact) mass is 208 g/mol. The quantitative estimate of drug-likeness (QED) is 0.457. The van der Waals surface area contributed by atoms with Crippen LogP contribution in [0.15, 0.2) is 24.3 Å². The van der Waals surface area contributed by atoms with Crippen molar-refractivity contribution in [3.05, 3.63) is 29.8 Å². The van der Waals surface area contributed by atoms with Gasteiger partial charge in [0.1, 0.15) is 5.75 Å². The number of aliphatic hydroxyl groups is 1. The van der Waals surface area contributed by atoms with Gasteiger partial charge in [-0.25, -0.2) is 0 Å². The lowest BCUT2D eigenvalue weighted by atomic mass is 10.2. The molecule has 0 aliphatic rings. The summed E-state index contributed by atoms with van der Waals surface area (Å²) in [6, 6.07) is 7.35. The van der Waals surface area contributed by atoms with Crippen molar-refractivity contribution in [3.8, 4) is 5.75 Å². The van der Waals surface area contributed by atoms with Crippen molar-refractivity contribution >= 4 is 5.97 Å². The van der Waals surface area contributed by atoms with Crippen molar-refractivity contribution in [2.75, 3.05) is 6.61 Å². The number of aliphatic hydroxyl groups excluding tert-OH is 1. The Labute approximate surface area is 89.7 Å². The zero-order chi connectivity index (χ0) is 11.1. The van der Waals surface area contributed by atoms with Crippen molar-refractivity contribution in [3.63, 3.8) is 0 Å². The molecule has 3 heteroatoms. The summed E-state index contributed by atoms with van der Waals surface area (Å²) in [4.78, 5) is 11.3. The molecule has 0 unspecified atom stereocenters. The number of aryl methyl sites for hydroxylation is 1. The average molecular weight is 208 g/mol. The first-order valence-corrected chi connectivity index (χ1v) is 5.10. The minimum Gasteiger partial charge on any atom is -0.427 e. The molecule has 0 heterocycles. The molecule has 1 aromatic rings. The van der Waals surface area contributed by atoms with E-state index in [1.165, 1.54) is 0 Å². The third kappa shape index (κ3) is 4.61. The van der Waals surface area contributed by atoms with Crippen molar-refractivity contribution in [1.29, 1.82) is 0 Å². The topological polar surface area (TPSA) is 46.5 Å². The molecule has 0 amide bonds. The van der Waals surface area contributed by atoms with E-state index in [4.69, 9.17) is 9.84 Å². The molecule has 0 aliphatic carbocycles. The molecule has 0 radical (unpaired) electrons. The molecule has 1 aromatic carbocycles. The predicted molar refractivity (Wildman–Crippen MR) is 57.8 cm³/mol. The molecule has 0 bridgehead atoms. The van der Waals surface area contributed by atoms with E-state index in [9.17, 15) is 4.79 Å². The molecular weight excluding hydrogens is 192 g/mol. The highest BCUT2D eigenvalue weighted by Gasteiger charge is 2.03. The minimum atomic E-state index is -0.243. The molecule has 0 aromatic heterocycles. The van der Waals surface area contributed by atoms with Gasteiger partial charge in [-0.2, -0.15) is 0 Å². The number of rotatable bonds is 5. The fraction of sp³-hybridized carbons (Fsp3) is 0.417. The SMILES string of the molecule is Cc1ccc(OC(=O)CCCCO)cc1. The van der Waals surface area contributed by atoms with Crippen LogP contribution in [0.25, 0.3) is 0 Å². The average Bonchev–Trinajstić information content (AvgIpc) is 2.22. The molecule has 0 saturated carbocycles. The Morgan fingerprint density at radius 3 is 2.53 bits per heavy atom. The lowest BCUT2D eigenvalue weighted by Gasteiger charge is -2.03. The molecule has 0 spiro atoms. The lowest BCUT2D eigenvalue weighted by molar-refractivity contribution is -0.134. The first kappa shape index (κ1) is 11.7. The second kappa shape index (κ2) is 6.19. The molecule has 0 fully saturated rings. The van der Waals surface area contributed by atoms with Crippen LogP contribution in [0, 0.1) is 6.92 Å². The van der Waals surface area contributed by atoms with Gasteiger partial charge in [-0.05, 0) is 31.9 Å². The fourth-order valence-electron chi connectivity index (χ4n) is 1.17. The van der Waals surface area contributed by atoms with Crippen LogP contribution < -0.4 is 4.74 Å². The van der Waals surface area contributed by atoms with Crippen LogP contribution in [-0.4, -0.2) is 17.7 Å². The van der Waals surface area contributed by atoms with Crippen LogP contribution >= 0.6 is 0 Å². The molecule has 3 nitrogen and oxygen atoms in total. The summed E-state index contributed by atoms with van der Waals surface area (Å²) in [6.45, 7) is 2.10. The first-order valence-electron chi connectivity index (χ1n) is 5.10. The van der Waals surface area contributed by atoms with Gasteiger partial charge in [0, 0.05) is 13.0 Å². The highest BCUT2D eigenvalue weighted by Crippen LogP contribution is 2.12. The Balaban J connectivity index is 2.34. The Bertz CT molecular complexity index is 303. The number of esters is 1. The molecule has 82 valence electrons. The summed E-state index contributed by atoms with van der Waals surface area (Å²) in [7, 11) is 0. The largest absolute Gasteiger partial charge is 0.427 e. The summed E-state index contributed by atoms with van der Waals surface area (Å²) in [6.07, 6.45) is 1.67. The second-order valence-corrected chi connectivity index (χ2v) is 3.47. The van der Waals surface area contributed by atoms with Gasteiger partial charge in [-0.15, -0.1) is 0 Å². The molecule has 0 aliphatic heterocycles. The van der Waals surface area contributed by atoms with E-state index < -0.39 is 0 Å². The Hall–Kier alpha value is -1.35. The molecule has 1 rings (SSSR count). The smallest absolute Gasteiger partial charge is 0.311 e. The van der Waals surface area contributed by atoms with Crippen LogP contribution in [0.1, 0.15) is 24.8 Å². The Kier molecular flexibility index (Phi) is 4.84. The minimum absolute atomic E-state index is 0.123. The van der Waals surface area contributed by atoms with Crippen molar-refractivity contribution < 1.29 is 14.6 Å². The highest BCUT2D eigenvalue weighted by atomic mass is 16.5. The third-order valence-electron chi connectivity index (χ3n) is 2.04. The summed E-state index contributed by atoms with van der Waals surface area (Å²) in [5.74, 6) is 0.335. The van der Waals surface area contributed by atoms with Gasteiger partial charge in [-0.3, -0.25) is 4.79 Å². The van der Waals surface area contributed by atoms with Gasteiger partial charge in [0.05, 0.1) is 0 Å². The molecule has 0 saturated heterocycles. The summed E-state index contributed by atoms with van der Waals surface area (Å²) in [5.41, 5.74) is 1.13. The van der Waals surface area contributed by atoms with Gasteiger partial charge >= 0.3 is 5.97 Å². The molecule has 1 N–H and O–H groups in total. The Morgan fingerprint density at radius 1 is 1.27 bits per heavy atom. The maximum Gasteiger partial charge on any atom is 0.311 e. The van der Waals surface area contributed by atoms with E-state index in [1.54, 1.807) is 12.1 Å². The van der Waals surface area contributed by atoms with Gasteiger partial charge in [0.2, 0.25) is 0 Å². The highest BCUT2D eigenvalue weighted by molar-refractivity contribution is 5.72. The van der Waals surface area contributed by atoms with Crippen LogP contribution in [0.2, 0.25) is 0 Å². The van der Waals surface area contributed by atoms with E-state index in [-0.39, 0.29) is 12.6 Å². The number of benzene rings is 1. The van der Waals surface area contributed by atoms with E-state index in [1.807, 2.05) is 19.1 Å². The van der Waals surface area contributed by atoms with E-state index in [0.717, 1.165) is 5.56 Å². The van der Waals surface area contributed by atoms with Gasteiger partial charge in [0.15, 0.2) is 0 Å². The molecule has 15 heavy (non-hydrogen) atoms. The zero-order valence-electron chi connectivity index (χ0n) is 8.90. The van der Waals surface area contributed by atoms with Crippen molar-refractivity contribution in [2.45, 2.75) is 26.2 Å². The lowest BCUT2D eigenvalue weighted by Crippen LogP contribution is -2.07. The molecular formula is C12H16O3. The van der Waals surface area contributed by atoms with Gasteiger partial charge in [-0.1, -0.05) is 17.7 Å². The van der Waals surface area contributed by atoms with Crippen molar-refractivity contribution in [2.24, 2.45) is 0 Å². The summed E-state index contributed by atoms with van der Waals surface area (Å²) < 4.78 is 5.10. The van der Waals surface area contributed by atoms with Gasteiger partial charge < -0.3 is 9.84 Å². The van der Waals surface area contributed by atoms with Crippen LogP contribution in [0.5, 0.6) is 5.75 Å². The number of ether oxygens (including phenoxy) is 1. The number of carbonyl (C=O) groups is 1. The fourth-order valence-corrected chi connectivity index (χ4v) is 1.17. The van der Waals surface area contributed by atoms with E-state index >= 15 is 0 Å². The zero-order valence-corrected chi connectivity index (χ0v) is 8.90. The third-order valence-corrected chi connectivity index (χ3v) is 2.04. The van der Waals surface area contributed by atoms with Gasteiger partial charge in [0.25, 0.3) is 0 Å². The number of carbonyl (C=O) groups excluding carboxylic acids is 1. The first-order chi connectivity index (χ1) is 7.22. The van der Waals surface area contributed by atoms with Crippen LogP contribution in [0.3, 0.4) is 0 Å². The number of hydrogen-bond acceptors (Lipinski definition) is 3. The molecule has 0 atom stereocenters. The number of unbranched alkanes of at least 4 members (excludes halogenated alkanes) is 1. The summed E-state index contributed by atoms with van der Waals surface area (Å²) >= 11 is 0. The predicted octanol–water partition coefficient (Wildman–Crippen LogP) is 2.06. The number of hydrogen-bond donors (Lipinski definition) is 1. The van der Waals surface area contributed by atoms with Crippen LogP contribution in [0.4, 0.5) is 0 Å². The standard InChI is InChI=1S/C12H16O3/c1-10-5-7-11(8-6-10)15-12(14)4-2-3-9-13/h5-8,13H,2-4,9H2,1H3. The normalized spacial score (nSPS) is 10.0. The summed E-state index contributed by atoms with van der Waals surface area (Å²) in [5, 5.41) is 8.55. The van der Waals surface area contributed by atoms with E-state index in [2.05, 4.69) is 0 Å². The maximum atomic E-state index is 11.3. The maximum absolute atomic E-state index is 11.3.